The molecule has 2 rings (SSSR count). The number of ether oxygens (including phenoxy) is 2. The fourth-order valence-electron chi connectivity index (χ4n) is 4.23. The van der Waals surface area contributed by atoms with Gasteiger partial charge >= 0.3 is 0 Å². The van der Waals surface area contributed by atoms with E-state index in [4.69, 9.17) is 9.47 Å². The molecule has 1 unspecified atom stereocenters. The van der Waals surface area contributed by atoms with E-state index < -0.39 is 0 Å². The Hall–Kier alpha value is -1.64. The van der Waals surface area contributed by atoms with Gasteiger partial charge in [0.05, 0.1) is 19.3 Å². The number of aryl methyl sites for hydroxylation is 1. The summed E-state index contributed by atoms with van der Waals surface area (Å²) in [5, 5.41) is 0. The molecule has 2 heteroatoms. The predicted octanol–water partition coefficient (Wildman–Crippen LogP) is 11.0. The second kappa shape index (κ2) is 28.9. The average molecular weight is 513 g/mol. The SMILES string of the molecule is CC.CC.CCC(COCCCCCCCCCCCCCCc1ccccc1)OCc1ccccc1. The highest BCUT2D eigenvalue weighted by Gasteiger charge is 2.07. The minimum absolute atomic E-state index is 0.203. The van der Waals surface area contributed by atoms with E-state index in [1.807, 2.05) is 33.8 Å². The molecule has 0 bridgehead atoms. The third-order valence-corrected chi connectivity index (χ3v) is 6.43. The molecule has 0 aromatic heterocycles. The smallest absolute Gasteiger partial charge is 0.0810 e. The van der Waals surface area contributed by atoms with Crippen LogP contribution in [0, 0.1) is 0 Å². The predicted molar refractivity (Wildman–Crippen MR) is 164 cm³/mol. The highest BCUT2D eigenvalue weighted by Crippen LogP contribution is 2.13. The second-order valence-corrected chi connectivity index (χ2v) is 9.38. The molecule has 37 heavy (non-hydrogen) atoms. The van der Waals surface area contributed by atoms with Crippen molar-refractivity contribution >= 4 is 0 Å². The Bertz CT molecular complexity index is 655. The van der Waals surface area contributed by atoms with E-state index >= 15 is 0 Å². The van der Waals surface area contributed by atoms with Gasteiger partial charge in [-0.25, -0.2) is 0 Å². The fraction of sp³-hybridized carbons (Fsp3) is 0.657. The van der Waals surface area contributed by atoms with E-state index in [0.717, 1.165) is 19.6 Å². The van der Waals surface area contributed by atoms with Crippen molar-refractivity contribution in [1.29, 1.82) is 0 Å². The van der Waals surface area contributed by atoms with Gasteiger partial charge in [0.1, 0.15) is 0 Å². The number of hydrogen-bond donors (Lipinski definition) is 0. The van der Waals surface area contributed by atoms with Gasteiger partial charge in [-0.3, -0.25) is 0 Å². The van der Waals surface area contributed by atoms with Crippen LogP contribution in [0.2, 0.25) is 0 Å². The molecule has 0 fully saturated rings. The zero-order valence-electron chi connectivity index (χ0n) is 25.2. The van der Waals surface area contributed by atoms with Crippen molar-refractivity contribution in [2.75, 3.05) is 13.2 Å². The molecular weight excluding hydrogens is 452 g/mol. The van der Waals surface area contributed by atoms with Crippen molar-refractivity contribution in [3.8, 4) is 0 Å². The Kier molecular flexibility index (Phi) is 27.6. The summed E-state index contributed by atoms with van der Waals surface area (Å²) in [4.78, 5) is 0. The Morgan fingerprint density at radius 2 is 0.973 bits per heavy atom. The van der Waals surface area contributed by atoms with Crippen LogP contribution in [0.15, 0.2) is 60.7 Å². The van der Waals surface area contributed by atoms with E-state index in [0.29, 0.717) is 6.61 Å². The van der Waals surface area contributed by atoms with E-state index in [-0.39, 0.29) is 6.10 Å². The Labute approximate surface area is 231 Å². The lowest BCUT2D eigenvalue weighted by Gasteiger charge is -2.16. The van der Waals surface area contributed by atoms with Crippen LogP contribution < -0.4 is 0 Å². The highest BCUT2D eigenvalue weighted by molar-refractivity contribution is 5.14. The molecule has 2 nitrogen and oxygen atoms in total. The Morgan fingerprint density at radius 3 is 1.46 bits per heavy atom. The molecule has 0 heterocycles. The maximum absolute atomic E-state index is 5.99. The van der Waals surface area contributed by atoms with Gasteiger partial charge in [-0.15, -0.1) is 0 Å². The van der Waals surface area contributed by atoms with Crippen LogP contribution in [-0.2, 0) is 22.5 Å². The first kappa shape index (κ1) is 35.4. The monoisotopic (exact) mass is 512 g/mol. The number of benzene rings is 2. The van der Waals surface area contributed by atoms with Gasteiger partial charge in [-0.1, -0.05) is 159 Å². The second-order valence-electron chi connectivity index (χ2n) is 9.38. The summed E-state index contributed by atoms with van der Waals surface area (Å²) >= 11 is 0. The van der Waals surface area contributed by atoms with Crippen LogP contribution in [0.1, 0.15) is 129 Å². The summed E-state index contributed by atoms with van der Waals surface area (Å²) in [6.07, 6.45) is 18.9. The zero-order valence-corrected chi connectivity index (χ0v) is 25.2. The minimum Gasteiger partial charge on any atom is -0.379 e. The van der Waals surface area contributed by atoms with Crippen LogP contribution in [0.3, 0.4) is 0 Å². The van der Waals surface area contributed by atoms with Gasteiger partial charge in [-0.2, -0.15) is 0 Å². The molecule has 0 saturated carbocycles. The van der Waals surface area contributed by atoms with Crippen molar-refractivity contribution in [2.24, 2.45) is 0 Å². The molecule has 0 radical (unpaired) electrons. The quantitative estimate of drug-likeness (QED) is 0.155. The lowest BCUT2D eigenvalue weighted by molar-refractivity contribution is -0.0269. The lowest BCUT2D eigenvalue weighted by Crippen LogP contribution is -2.19. The first-order chi connectivity index (χ1) is 18.4. The van der Waals surface area contributed by atoms with Crippen molar-refractivity contribution in [3.05, 3.63) is 71.8 Å². The first-order valence-electron chi connectivity index (χ1n) is 15.7. The summed E-state index contributed by atoms with van der Waals surface area (Å²) in [6, 6.07) is 21.3. The Morgan fingerprint density at radius 1 is 0.541 bits per heavy atom. The summed E-state index contributed by atoms with van der Waals surface area (Å²) in [6.45, 7) is 12.4. The van der Waals surface area contributed by atoms with Crippen molar-refractivity contribution in [2.45, 2.75) is 137 Å². The van der Waals surface area contributed by atoms with Crippen LogP contribution >= 0.6 is 0 Å². The van der Waals surface area contributed by atoms with Gasteiger partial charge in [0.25, 0.3) is 0 Å². The molecule has 0 aliphatic heterocycles. The highest BCUT2D eigenvalue weighted by atomic mass is 16.5. The van der Waals surface area contributed by atoms with E-state index in [2.05, 4.69) is 61.5 Å². The van der Waals surface area contributed by atoms with E-state index in [1.165, 1.54) is 94.6 Å². The third kappa shape index (κ3) is 22.1. The molecule has 0 aliphatic carbocycles. The number of rotatable bonds is 21. The molecule has 0 saturated heterocycles. The first-order valence-corrected chi connectivity index (χ1v) is 15.7. The van der Waals surface area contributed by atoms with Gasteiger partial charge in [0, 0.05) is 6.61 Å². The van der Waals surface area contributed by atoms with E-state index in [9.17, 15) is 0 Å². The summed E-state index contributed by atoms with van der Waals surface area (Å²) in [5.74, 6) is 0. The Balaban J connectivity index is 0.00000308. The van der Waals surface area contributed by atoms with Gasteiger partial charge in [-0.05, 0) is 36.8 Å². The van der Waals surface area contributed by atoms with Crippen molar-refractivity contribution in [3.63, 3.8) is 0 Å². The summed E-state index contributed by atoms with van der Waals surface area (Å²) in [5.41, 5.74) is 2.72. The zero-order chi connectivity index (χ0) is 27.2. The van der Waals surface area contributed by atoms with Gasteiger partial charge in [0.2, 0.25) is 0 Å². The molecule has 2 aromatic carbocycles. The van der Waals surface area contributed by atoms with Crippen molar-refractivity contribution in [1.82, 2.24) is 0 Å². The third-order valence-electron chi connectivity index (χ3n) is 6.43. The molecule has 2 aromatic rings. The molecule has 0 amide bonds. The maximum atomic E-state index is 5.99. The maximum Gasteiger partial charge on any atom is 0.0810 e. The molecule has 0 spiro atoms. The summed E-state index contributed by atoms with van der Waals surface area (Å²) in [7, 11) is 0. The standard InChI is InChI=1S/C31H48O2.2C2H6/c1-2-31(33-27-30-24-18-14-19-25-30)28-32-26-20-12-10-8-6-4-3-5-7-9-11-15-21-29-22-16-13-17-23-29;2*1-2/h13-14,16-19,22-25,31H,2-12,15,20-21,26-28H2,1H3;2*1-2H3. The van der Waals surface area contributed by atoms with Gasteiger partial charge < -0.3 is 9.47 Å². The minimum atomic E-state index is 0.203. The molecule has 0 N–H and O–H groups in total. The van der Waals surface area contributed by atoms with Crippen LogP contribution in [0.25, 0.3) is 0 Å². The van der Waals surface area contributed by atoms with Crippen LogP contribution in [0.4, 0.5) is 0 Å². The largest absolute Gasteiger partial charge is 0.379 e. The van der Waals surface area contributed by atoms with Gasteiger partial charge in [0.15, 0.2) is 0 Å². The molecule has 212 valence electrons. The molecule has 1 atom stereocenters. The number of hydrogen-bond acceptors (Lipinski definition) is 2. The molecular formula is C35H60O2. The average Bonchev–Trinajstić information content (AvgIpc) is 2.97. The van der Waals surface area contributed by atoms with Crippen LogP contribution in [-0.4, -0.2) is 19.3 Å². The fourth-order valence-corrected chi connectivity index (χ4v) is 4.23. The van der Waals surface area contributed by atoms with Crippen molar-refractivity contribution < 1.29 is 9.47 Å². The van der Waals surface area contributed by atoms with Crippen LogP contribution in [0.5, 0.6) is 0 Å². The summed E-state index contributed by atoms with van der Waals surface area (Å²) < 4.78 is 11.9. The number of unbranched alkanes of at least 4 members (excludes halogenated alkanes) is 11. The topological polar surface area (TPSA) is 18.5 Å². The van der Waals surface area contributed by atoms with E-state index in [1.54, 1.807) is 0 Å². The normalized spacial score (nSPS) is 11.2. The lowest BCUT2D eigenvalue weighted by atomic mass is 10.0. The molecule has 0 aliphatic rings.